The first kappa shape index (κ1) is 9.42. The van der Waals surface area contributed by atoms with Crippen LogP contribution in [0.5, 0.6) is 0 Å². The summed E-state index contributed by atoms with van der Waals surface area (Å²) in [5.41, 5.74) is 4.79. The van der Waals surface area contributed by atoms with Crippen LogP contribution in [0.3, 0.4) is 0 Å². The van der Waals surface area contributed by atoms with E-state index in [0.29, 0.717) is 0 Å². The van der Waals surface area contributed by atoms with Gasteiger partial charge in [0.25, 0.3) is 0 Å². The number of fused-ring (bicyclic) bond motifs is 1. The third-order valence-electron chi connectivity index (χ3n) is 2.76. The number of anilines is 1. The smallest absolute Gasteiger partial charge is 0.0725 e. The van der Waals surface area contributed by atoms with Crippen LogP contribution in [0.2, 0.25) is 0 Å². The second-order valence-corrected chi connectivity index (χ2v) is 3.91. The first-order valence-corrected chi connectivity index (χ1v) is 5.33. The molecule has 0 spiro atoms. The Hall–Kier alpha value is -1.81. The number of H-pyrrole nitrogens is 1. The molecule has 3 rings (SSSR count). The Bertz CT molecular complexity index is 479. The molecule has 0 radical (unpaired) electrons. The minimum Gasteiger partial charge on any atom is -0.379 e. The molecule has 0 aliphatic carbocycles. The van der Waals surface area contributed by atoms with E-state index in [2.05, 4.69) is 33.7 Å². The maximum Gasteiger partial charge on any atom is 0.0725 e. The van der Waals surface area contributed by atoms with Gasteiger partial charge in [-0.2, -0.15) is 5.10 Å². The van der Waals surface area contributed by atoms with Gasteiger partial charge in [-0.1, -0.05) is 6.07 Å². The van der Waals surface area contributed by atoms with Crippen LogP contribution >= 0.6 is 0 Å². The monoisotopic (exact) mass is 215 g/mol. The molecule has 4 heteroatoms. The van der Waals surface area contributed by atoms with Crippen LogP contribution < -0.4 is 5.32 Å². The number of nitrogens with one attached hydrogen (secondary N) is 2. The van der Waals surface area contributed by atoms with Gasteiger partial charge in [0, 0.05) is 11.9 Å². The molecule has 0 amide bonds. The summed E-state index contributed by atoms with van der Waals surface area (Å²) < 4.78 is 5.38. The molecule has 0 saturated carbocycles. The fourth-order valence-corrected chi connectivity index (χ4v) is 1.86. The van der Waals surface area contributed by atoms with Gasteiger partial charge in [0.15, 0.2) is 0 Å². The van der Waals surface area contributed by atoms with Gasteiger partial charge in [0.1, 0.15) is 0 Å². The van der Waals surface area contributed by atoms with Crippen molar-refractivity contribution in [2.45, 2.75) is 19.8 Å². The molecule has 1 aromatic carbocycles. The van der Waals surface area contributed by atoms with Crippen molar-refractivity contribution in [3.05, 3.63) is 47.3 Å². The van der Waals surface area contributed by atoms with Crippen LogP contribution in [0, 0.1) is 0 Å². The lowest BCUT2D eigenvalue weighted by Gasteiger charge is -2.06. The standard InChI is InChI=1S/C12H13N3O/c1-2-11(5-10-8-16-7-9(1)10)13-6-12-3-4-14-15-12/h1-5,13H,6-8H2,(H,14,15). The average molecular weight is 215 g/mol. The second kappa shape index (κ2) is 3.98. The molecule has 1 aliphatic rings. The number of ether oxygens (including phenoxy) is 1. The summed E-state index contributed by atoms with van der Waals surface area (Å²) in [4.78, 5) is 0. The first-order valence-electron chi connectivity index (χ1n) is 5.33. The highest BCUT2D eigenvalue weighted by Gasteiger charge is 2.10. The number of rotatable bonds is 3. The molecule has 1 aromatic heterocycles. The zero-order chi connectivity index (χ0) is 10.8. The first-order chi connectivity index (χ1) is 7.92. The summed E-state index contributed by atoms with van der Waals surface area (Å²) in [7, 11) is 0. The fraction of sp³-hybridized carbons (Fsp3) is 0.250. The average Bonchev–Trinajstić information content (AvgIpc) is 2.97. The lowest BCUT2D eigenvalue weighted by atomic mass is 10.1. The number of aromatic amines is 1. The van der Waals surface area contributed by atoms with Crippen molar-refractivity contribution >= 4 is 5.69 Å². The van der Waals surface area contributed by atoms with Crippen LogP contribution in [0.25, 0.3) is 0 Å². The summed E-state index contributed by atoms with van der Waals surface area (Å²) >= 11 is 0. The molecule has 0 fully saturated rings. The third kappa shape index (κ3) is 1.79. The van der Waals surface area contributed by atoms with Gasteiger partial charge < -0.3 is 10.1 Å². The third-order valence-corrected chi connectivity index (χ3v) is 2.76. The van der Waals surface area contributed by atoms with Gasteiger partial charge in [-0.3, -0.25) is 5.10 Å². The van der Waals surface area contributed by atoms with Crippen molar-refractivity contribution in [3.63, 3.8) is 0 Å². The van der Waals surface area contributed by atoms with Gasteiger partial charge in [-0.05, 0) is 29.3 Å². The van der Waals surface area contributed by atoms with Gasteiger partial charge in [0.05, 0.1) is 25.5 Å². The highest BCUT2D eigenvalue weighted by Crippen LogP contribution is 2.23. The summed E-state index contributed by atoms with van der Waals surface area (Å²) in [6.45, 7) is 2.24. The number of hydrogen-bond donors (Lipinski definition) is 2. The Morgan fingerprint density at radius 1 is 1.25 bits per heavy atom. The molecule has 0 bridgehead atoms. The van der Waals surface area contributed by atoms with Crippen molar-refractivity contribution in [1.29, 1.82) is 0 Å². The maximum absolute atomic E-state index is 5.38. The minimum absolute atomic E-state index is 0.731. The SMILES string of the molecule is c1cc(CNc2ccc3c(c2)COC3)[nH]n1. The van der Waals surface area contributed by atoms with Crippen LogP contribution in [-0.4, -0.2) is 10.2 Å². The normalized spacial score (nSPS) is 13.8. The van der Waals surface area contributed by atoms with E-state index in [-0.39, 0.29) is 0 Å². The lowest BCUT2D eigenvalue weighted by Crippen LogP contribution is -2.00. The molecule has 2 N–H and O–H groups in total. The van der Waals surface area contributed by atoms with Gasteiger partial charge in [0.2, 0.25) is 0 Å². The Balaban J connectivity index is 1.71. The highest BCUT2D eigenvalue weighted by atomic mass is 16.5. The Labute approximate surface area is 93.6 Å². The van der Waals surface area contributed by atoms with E-state index in [9.17, 15) is 0 Å². The number of benzene rings is 1. The van der Waals surface area contributed by atoms with E-state index < -0.39 is 0 Å². The summed E-state index contributed by atoms with van der Waals surface area (Å²) in [6.07, 6.45) is 1.76. The van der Waals surface area contributed by atoms with E-state index in [0.717, 1.165) is 31.1 Å². The zero-order valence-electron chi connectivity index (χ0n) is 8.86. The number of hydrogen-bond acceptors (Lipinski definition) is 3. The van der Waals surface area contributed by atoms with Crippen molar-refractivity contribution in [2.75, 3.05) is 5.32 Å². The molecular formula is C12H13N3O. The van der Waals surface area contributed by atoms with Crippen LogP contribution in [0.1, 0.15) is 16.8 Å². The van der Waals surface area contributed by atoms with Gasteiger partial charge in [-0.25, -0.2) is 0 Å². The highest BCUT2D eigenvalue weighted by molar-refractivity contribution is 5.49. The van der Waals surface area contributed by atoms with Crippen molar-refractivity contribution in [2.24, 2.45) is 0 Å². The van der Waals surface area contributed by atoms with E-state index >= 15 is 0 Å². The molecule has 0 saturated heterocycles. The molecule has 1 aliphatic heterocycles. The summed E-state index contributed by atoms with van der Waals surface area (Å²) in [6, 6.07) is 8.32. The van der Waals surface area contributed by atoms with Gasteiger partial charge in [-0.15, -0.1) is 0 Å². The van der Waals surface area contributed by atoms with E-state index in [4.69, 9.17) is 4.74 Å². The Morgan fingerprint density at radius 2 is 2.19 bits per heavy atom. The van der Waals surface area contributed by atoms with Crippen LogP contribution in [0.15, 0.2) is 30.5 Å². The Kier molecular flexibility index (Phi) is 2.34. The van der Waals surface area contributed by atoms with E-state index in [1.165, 1.54) is 11.1 Å². The number of aromatic nitrogens is 2. The quantitative estimate of drug-likeness (QED) is 0.823. The predicted molar refractivity (Wildman–Crippen MR) is 60.8 cm³/mol. The predicted octanol–water partition coefficient (Wildman–Crippen LogP) is 2.05. The summed E-state index contributed by atoms with van der Waals surface area (Å²) in [5, 5.41) is 10.2. The Morgan fingerprint density at radius 3 is 3.06 bits per heavy atom. The molecule has 16 heavy (non-hydrogen) atoms. The van der Waals surface area contributed by atoms with Crippen molar-refractivity contribution in [1.82, 2.24) is 10.2 Å². The molecule has 2 aromatic rings. The molecule has 4 nitrogen and oxygen atoms in total. The van der Waals surface area contributed by atoms with Gasteiger partial charge >= 0.3 is 0 Å². The second-order valence-electron chi connectivity index (χ2n) is 3.91. The maximum atomic E-state index is 5.38. The van der Waals surface area contributed by atoms with E-state index in [1.54, 1.807) is 6.20 Å². The van der Waals surface area contributed by atoms with Crippen molar-refractivity contribution in [3.8, 4) is 0 Å². The largest absolute Gasteiger partial charge is 0.379 e. The van der Waals surface area contributed by atoms with Crippen molar-refractivity contribution < 1.29 is 4.74 Å². The minimum atomic E-state index is 0.731. The summed E-state index contributed by atoms with van der Waals surface area (Å²) in [5.74, 6) is 0. The number of nitrogens with zero attached hydrogens (tertiary/aromatic N) is 1. The zero-order valence-corrected chi connectivity index (χ0v) is 8.86. The molecule has 0 unspecified atom stereocenters. The van der Waals surface area contributed by atoms with Crippen LogP contribution in [0.4, 0.5) is 5.69 Å². The lowest BCUT2D eigenvalue weighted by molar-refractivity contribution is 0.134. The molecular weight excluding hydrogens is 202 g/mol. The van der Waals surface area contributed by atoms with E-state index in [1.807, 2.05) is 6.07 Å². The van der Waals surface area contributed by atoms with Crippen LogP contribution in [-0.2, 0) is 24.5 Å². The molecule has 82 valence electrons. The fourth-order valence-electron chi connectivity index (χ4n) is 1.86. The molecule has 2 heterocycles. The topological polar surface area (TPSA) is 49.9 Å². The molecule has 0 atom stereocenters.